The molecular formula is C19H26FNO3S. The van der Waals surface area contributed by atoms with Crippen molar-refractivity contribution in [2.75, 3.05) is 12.4 Å². The fraction of sp³-hybridized carbons (Fsp3) is 0.579. The third kappa shape index (κ3) is 5.05. The zero-order chi connectivity index (χ0) is 17.9. The van der Waals surface area contributed by atoms with Gasteiger partial charge in [-0.2, -0.15) is 0 Å². The van der Waals surface area contributed by atoms with E-state index in [1.807, 2.05) is 19.1 Å². The van der Waals surface area contributed by atoms with Gasteiger partial charge in [-0.1, -0.05) is 25.1 Å². The number of benzene rings is 1. The van der Waals surface area contributed by atoms with Crippen molar-refractivity contribution in [3.63, 3.8) is 0 Å². The summed E-state index contributed by atoms with van der Waals surface area (Å²) < 4.78 is 47.1. The lowest BCUT2D eigenvalue weighted by molar-refractivity contribution is 0.284. The second-order valence-corrected chi connectivity index (χ2v) is 8.91. The molecule has 0 atom stereocenters. The summed E-state index contributed by atoms with van der Waals surface area (Å²) in [4.78, 5) is 0. The first-order chi connectivity index (χ1) is 11.9. The van der Waals surface area contributed by atoms with Gasteiger partial charge in [-0.25, -0.2) is 17.5 Å². The van der Waals surface area contributed by atoms with Crippen molar-refractivity contribution in [3.8, 4) is 5.75 Å². The van der Waals surface area contributed by atoms with Crippen LogP contribution < -0.4 is 9.46 Å². The Hall–Kier alpha value is -1.40. The van der Waals surface area contributed by atoms with Crippen molar-refractivity contribution in [1.29, 1.82) is 0 Å². The second kappa shape index (κ2) is 7.46. The molecule has 3 rings (SSSR count). The van der Waals surface area contributed by atoms with Gasteiger partial charge < -0.3 is 4.74 Å². The maximum Gasteiger partial charge on any atom is 0.212 e. The van der Waals surface area contributed by atoms with Crippen LogP contribution in [0.4, 0.5) is 4.39 Å². The number of nitrogens with one attached hydrogen (secondary N) is 1. The number of allylic oxidation sites excluding steroid dienone is 2. The maximum absolute atomic E-state index is 14.0. The van der Waals surface area contributed by atoms with Gasteiger partial charge in [0.15, 0.2) is 11.6 Å². The summed E-state index contributed by atoms with van der Waals surface area (Å²) in [6.45, 7) is 2.54. The van der Waals surface area contributed by atoms with Crippen LogP contribution in [-0.4, -0.2) is 20.8 Å². The minimum Gasteiger partial charge on any atom is -0.490 e. The van der Waals surface area contributed by atoms with Crippen LogP contribution in [0.25, 0.3) is 0 Å². The minimum absolute atomic E-state index is 0.0669. The predicted molar refractivity (Wildman–Crippen MR) is 96.5 cm³/mol. The topological polar surface area (TPSA) is 55.4 Å². The molecule has 0 aromatic heterocycles. The van der Waals surface area contributed by atoms with Crippen LogP contribution in [0.3, 0.4) is 0 Å². The number of sulfonamides is 1. The Kier molecular flexibility index (Phi) is 5.49. The molecule has 2 fully saturated rings. The van der Waals surface area contributed by atoms with E-state index in [4.69, 9.17) is 4.74 Å². The Morgan fingerprint density at radius 1 is 1.32 bits per heavy atom. The zero-order valence-corrected chi connectivity index (χ0v) is 15.4. The molecule has 2 saturated carbocycles. The number of hydrogen-bond donors (Lipinski definition) is 1. The molecule has 0 unspecified atom stereocenters. The van der Waals surface area contributed by atoms with E-state index < -0.39 is 21.4 Å². The van der Waals surface area contributed by atoms with Crippen molar-refractivity contribution in [2.24, 2.45) is 5.92 Å². The lowest BCUT2D eigenvalue weighted by atomic mass is 10.1. The average Bonchev–Trinajstić information content (AvgIpc) is 3.47. The van der Waals surface area contributed by atoms with Gasteiger partial charge in [-0.05, 0) is 62.1 Å². The molecule has 2 aliphatic carbocycles. The van der Waals surface area contributed by atoms with Gasteiger partial charge in [-0.3, -0.25) is 0 Å². The quantitative estimate of drug-likeness (QED) is 0.639. The molecule has 0 saturated heterocycles. The Morgan fingerprint density at radius 3 is 2.72 bits per heavy atom. The van der Waals surface area contributed by atoms with Gasteiger partial charge in [0.05, 0.1) is 17.9 Å². The number of halogens is 1. The van der Waals surface area contributed by atoms with Gasteiger partial charge in [-0.15, -0.1) is 0 Å². The van der Waals surface area contributed by atoms with Crippen molar-refractivity contribution in [2.45, 2.75) is 51.0 Å². The van der Waals surface area contributed by atoms with Gasteiger partial charge in [0.2, 0.25) is 10.0 Å². The van der Waals surface area contributed by atoms with Gasteiger partial charge in [0.25, 0.3) is 0 Å². The number of hydrogen-bond acceptors (Lipinski definition) is 3. The first-order valence-corrected chi connectivity index (χ1v) is 10.7. The highest BCUT2D eigenvalue weighted by atomic mass is 32.2. The zero-order valence-electron chi connectivity index (χ0n) is 14.6. The van der Waals surface area contributed by atoms with E-state index in [0.29, 0.717) is 18.9 Å². The monoisotopic (exact) mass is 367 g/mol. The van der Waals surface area contributed by atoms with E-state index >= 15 is 0 Å². The molecule has 25 heavy (non-hydrogen) atoms. The highest BCUT2D eigenvalue weighted by Gasteiger charge is 2.47. The summed E-state index contributed by atoms with van der Waals surface area (Å²) in [5.74, 6) is 0.429. The molecule has 1 aromatic carbocycles. The average molecular weight is 367 g/mol. The summed E-state index contributed by atoms with van der Waals surface area (Å²) in [7, 11) is -3.38. The Labute approximate surface area is 149 Å². The SMILES string of the molecule is CC/C=C/CCS(=O)(=O)NC1(c2ccc(F)c(OCC3CC3)c2)CC1. The van der Waals surface area contributed by atoms with Crippen LogP contribution in [-0.2, 0) is 15.6 Å². The van der Waals surface area contributed by atoms with Crippen LogP contribution in [0.15, 0.2) is 30.4 Å². The molecule has 6 heteroatoms. The third-order valence-corrected chi connectivity index (χ3v) is 6.19. The van der Waals surface area contributed by atoms with E-state index in [-0.39, 0.29) is 11.5 Å². The van der Waals surface area contributed by atoms with Gasteiger partial charge in [0, 0.05) is 0 Å². The van der Waals surface area contributed by atoms with Crippen LogP contribution in [0.2, 0.25) is 0 Å². The third-order valence-electron chi connectivity index (χ3n) is 4.71. The molecule has 1 N–H and O–H groups in total. The lowest BCUT2D eigenvalue weighted by Gasteiger charge is -2.19. The van der Waals surface area contributed by atoms with E-state index in [1.54, 1.807) is 12.1 Å². The molecule has 0 amide bonds. The molecular weight excluding hydrogens is 341 g/mol. The molecule has 0 bridgehead atoms. The molecule has 0 radical (unpaired) electrons. The van der Waals surface area contributed by atoms with Crippen LogP contribution >= 0.6 is 0 Å². The highest BCUT2D eigenvalue weighted by Crippen LogP contribution is 2.47. The van der Waals surface area contributed by atoms with E-state index in [1.165, 1.54) is 6.07 Å². The Morgan fingerprint density at radius 2 is 2.08 bits per heavy atom. The summed E-state index contributed by atoms with van der Waals surface area (Å²) in [5, 5.41) is 0. The second-order valence-electron chi connectivity index (χ2n) is 7.07. The molecule has 0 aliphatic heterocycles. The fourth-order valence-electron chi connectivity index (χ4n) is 2.83. The predicted octanol–water partition coefficient (Wildman–Crippen LogP) is 3.88. The van der Waals surface area contributed by atoms with Crippen LogP contribution in [0.5, 0.6) is 5.75 Å². The normalized spacial score (nSPS) is 19.3. The molecule has 4 nitrogen and oxygen atoms in total. The van der Waals surface area contributed by atoms with Crippen molar-refractivity contribution in [3.05, 3.63) is 41.7 Å². The van der Waals surface area contributed by atoms with Crippen molar-refractivity contribution < 1.29 is 17.5 Å². The first kappa shape index (κ1) is 18.4. The first-order valence-electron chi connectivity index (χ1n) is 9.03. The number of rotatable bonds is 10. The van der Waals surface area contributed by atoms with Crippen molar-refractivity contribution >= 4 is 10.0 Å². The molecule has 0 heterocycles. The molecule has 0 spiro atoms. The summed E-state index contributed by atoms with van der Waals surface area (Å²) >= 11 is 0. The van der Waals surface area contributed by atoms with E-state index in [0.717, 1.165) is 37.7 Å². The minimum atomic E-state index is -3.38. The number of ether oxygens (including phenoxy) is 1. The lowest BCUT2D eigenvalue weighted by Crippen LogP contribution is -2.36. The Balaban J connectivity index is 1.67. The molecule has 1 aromatic rings. The Bertz CT molecular complexity index is 737. The summed E-state index contributed by atoms with van der Waals surface area (Å²) in [5.41, 5.74) is 0.186. The van der Waals surface area contributed by atoms with Crippen molar-refractivity contribution in [1.82, 2.24) is 4.72 Å². The smallest absolute Gasteiger partial charge is 0.212 e. The maximum atomic E-state index is 14.0. The molecule has 2 aliphatic rings. The van der Waals surface area contributed by atoms with Crippen LogP contribution in [0, 0.1) is 11.7 Å². The summed E-state index contributed by atoms with van der Waals surface area (Å²) in [6.07, 6.45) is 8.98. The summed E-state index contributed by atoms with van der Waals surface area (Å²) in [6, 6.07) is 4.69. The highest BCUT2D eigenvalue weighted by molar-refractivity contribution is 7.89. The van der Waals surface area contributed by atoms with E-state index in [2.05, 4.69) is 4.72 Å². The fourth-order valence-corrected chi connectivity index (χ4v) is 4.30. The van der Waals surface area contributed by atoms with Gasteiger partial charge in [0.1, 0.15) is 0 Å². The standard InChI is InChI=1S/C19H26FNO3S/c1-2-3-4-5-12-25(22,23)21-19(10-11-19)16-8-9-17(20)18(13-16)24-14-15-6-7-15/h3-4,8-9,13,15,21H,2,5-7,10-12,14H2,1H3/b4-3+. The van der Waals surface area contributed by atoms with E-state index in [9.17, 15) is 12.8 Å². The molecule has 138 valence electrons. The largest absolute Gasteiger partial charge is 0.490 e. The van der Waals surface area contributed by atoms with Crippen LogP contribution in [0.1, 0.15) is 51.0 Å². The van der Waals surface area contributed by atoms with Gasteiger partial charge >= 0.3 is 0 Å².